The molecule has 2 saturated carbocycles. The van der Waals surface area contributed by atoms with Crippen LogP contribution < -0.4 is 5.32 Å². The highest BCUT2D eigenvalue weighted by Crippen LogP contribution is 2.42. The zero-order valence-electron chi connectivity index (χ0n) is 12.8. The molecule has 2 aliphatic carbocycles. The van der Waals surface area contributed by atoms with Crippen LogP contribution in [0.15, 0.2) is 30.3 Å². The third-order valence-electron chi connectivity index (χ3n) is 5.36. The largest absolute Gasteiger partial charge is 0.340 e. The molecule has 2 amide bonds. The number of piperazine rings is 1. The topological polar surface area (TPSA) is 49.4 Å². The average Bonchev–Trinajstić information content (AvgIpc) is 3.24. The van der Waals surface area contributed by atoms with Crippen molar-refractivity contribution in [2.75, 3.05) is 0 Å². The van der Waals surface area contributed by atoms with Crippen LogP contribution >= 0.6 is 0 Å². The Bertz CT molecular complexity index is 588. The third-order valence-corrected chi connectivity index (χ3v) is 5.36. The maximum atomic E-state index is 13.2. The van der Waals surface area contributed by atoms with E-state index in [9.17, 15) is 9.59 Å². The molecule has 0 aromatic heterocycles. The number of benzene rings is 1. The van der Waals surface area contributed by atoms with E-state index in [0.717, 1.165) is 44.1 Å². The predicted octanol–water partition coefficient (Wildman–Crippen LogP) is 2.24. The molecule has 0 bridgehead atoms. The summed E-state index contributed by atoms with van der Waals surface area (Å²) in [7, 11) is 0. The molecule has 1 spiro atoms. The molecule has 1 N–H and O–H groups in total. The van der Waals surface area contributed by atoms with E-state index in [4.69, 9.17) is 0 Å². The fourth-order valence-electron chi connectivity index (χ4n) is 4.05. The molecule has 1 aliphatic heterocycles. The second-order valence-electron chi connectivity index (χ2n) is 6.98. The maximum Gasteiger partial charge on any atom is 0.249 e. The highest BCUT2D eigenvalue weighted by molar-refractivity contribution is 6.00. The van der Waals surface area contributed by atoms with Crippen LogP contribution in [0.2, 0.25) is 0 Å². The zero-order chi connectivity index (χ0) is 15.2. The van der Waals surface area contributed by atoms with Crippen molar-refractivity contribution in [1.29, 1.82) is 0 Å². The second kappa shape index (κ2) is 5.11. The highest BCUT2D eigenvalue weighted by atomic mass is 16.2. The lowest BCUT2D eigenvalue weighted by molar-refractivity contribution is -0.156. The van der Waals surface area contributed by atoms with Gasteiger partial charge >= 0.3 is 0 Å². The van der Waals surface area contributed by atoms with Crippen molar-refractivity contribution >= 4 is 11.8 Å². The Labute approximate surface area is 130 Å². The van der Waals surface area contributed by atoms with Gasteiger partial charge in [0.1, 0.15) is 11.6 Å². The first-order valence-corrected chi connectivity index (χ1v) is 8.37. The van der Waals surface area contributed by atoms with Crippen molar-refractivity contribution in [2.45, 2.75) is 56.7 Å². The molecular formula is C18H22N2O2. The van der Waals surface area contributed by atoms with E-state index in [1.54, 1.807) is 0 Å². The van der Waals surface area contributed by atoms with Gasteiger partial charge in [0.25, 0.3) is 0 Å². The number of hydrogen-bond acceptors (Lipinski definition) is 2. The van der Waals surface area contributed by atoms with E-state index in [0.29, 0.717) is 12.5 Å². The summed E-state index contributed by atoms with van der Waals surface area (Å²) in [6, 6.07) is 9.75. The molecule has 1 aromatic carbocycles. The third kappa shape index (κ3) is 2.21. The van der Waals surface area contributed by atoms with Crippen molar-refractivity contribution in [2.24, 2.45) is 5.92 Å². The number of hydrogen-bond donors (Lipinski definition) is 1. The summed E-state index contributed by atoms with van der Waals surface area (Å²) in [5, 5.41) is 3.10. The van der Waals surface area contributed by atoms with Gasteiger partial charge in [-0.1, -0.05) is 43.2 Å². The van der Waals surface area contributed by atoms with Gasteiger partial charge in [-0.2, -0.15) is 0 Å². The summed E-state index contributed by atoms with van der Waals surface area (Å²) in [6.07, 6.45) is 5.76. The molecule has 1 aromatic rings. The number of carbonyl (C=O) groups excluding carboxylic acids is 2. The number of nitrogens with zero attached hydrogens (tertiary/aromatic N) is 1. The summed E-state index contributed by atoms with van der Waals surface area (Å²) in [5.74, 6) is 0.566. The Morgan fingerprint density at radius 1 is 1.09 bits per heavy atom. The van der Waals surface area contributed by atoms with Crippen LogP contribution in [-0.2, 0) is 16.1 Å². The molecule has 4 nitrogen and oxygen atoms in total. The van der Waals surface area contributed by atoms with Gasteiger partial charge < -0.3 is 10.2 Å². The lowest BCUT2D eigenvalue weighted by Gasteiger charge is -2.44. The van der Waals surface area contributed by atoms with Crippen molar-refractivity contribution in [3.8, 4) is 0 Å². The number of amides is 2. The Kier molecular flexibility index (Phi) is 3.21. The van der Waals surface area contributed by atoms with E-state index in [1.165, 1.54) is 0 Å². The van der Waals surface area contributed by atoms with Gasteiger partial charge in [0.05, 0.1) is 0 Å². The molecule has 1 heterocycles. The zero-order valence-corrected chi connectivity index (χ0v) is 12.8. The molecule has 3 aliphatic rings. The molecule has 3 fully saturated rings. The molecule has 22 heavy (non-hydrogen) atoms. The van der Waals surface area contributed by atoms with Gasteiger partial charge in [-0.05, 0) is 37.2 Å². The number of carbonyl (C=O) groups is 2. The molecule has 116 valence electrons. The second-order valence-corrected chi connectivity index (χ2v) is 6.98. The molecule has 4 rings (SSSR count). The molecule has 4 heteroatoms. The molecule has 1 atom stereocenters. The van der Waals surface area contributed by atoms with E-state index in [-0.39, 0.29) is 17.9 Å². The van der Waals surface area contributed by atoms with E-state index < -0.39 is 5.54 Å². The molecular weight excluding hydrogens is 276 g/mol. The first-order valence-electron chi connectivity index (χ1n) is 8.37. The van der Waals surface area contributed by atoms with Crippen LogP contribution in [0.1, 0.15) is 44.1 Å². The maximum absolute atomic E-state index is 13.2. The summed E-state index contributed by atoms with van der Waals surface area (Å²) in [5.41, 5.74) is 0.487. The SMILES string of the molecule is O=C1NC2(CCCC2)C(=O)N(Cc2ccccc2)C1C1CC1. The number of nitrogens with one attached hydrogen (secondary N) is 1. The smallest absolute Gasteiger partial charge is 0.249 e. The quantitative estimate of drug-likeness (QED) is 0.930. The lowest BCUT2D eigenvalue weighted by atomic mass is 9.89. The average molecular weight is 298 g/mol. The van der Waals surface area contributed by atoms with Crippen molar-refractivity contribution in [1.82, 2.24) is 10.2 Å². The van der Waals surface area contributed by atoms with Crippen LogP contribution in [0, 0.1) is 5.92 Å². The highest BCUT2D eigenvalue weighted by Gasteiger charge is 2.55. The van der Waals surface area contributed by atoms with Gasteiger partial charge in [0.2, 0.25) is 11.8 Å². The predicted molar refractivity (Wildman–Crippen MR) is 82.8 cm³/mol. The van der Waals surface area contributed by atoms with Gasteiger partial charge in [0, 0.05) is 6.54 Å². The summed E-state index contributed by atoms with van der Waals surface area (Å²) < 4.78 is 0. The molecule has 1 saturated heterocycles. The fraction of sp³-hybridized carbons (Fsp3) is 0.556. The van der Waals surface area contributed by atoms with Gasteiger partial charge in [-0.25, -0.2) is 0 Å². The Morgan fingerprint density at radius 3 is 2.41 bits per heavy atom. The summed E-state index contributed by atoms with van der Waals surface area (Å²) in [6.45, 7) is 0.552. The van der Waals surface area contributed by atoms with Crippen LogP contribution in [0.25, 0.3) is 0 Å². The first-order chi connectivity index (χ1) is 10.7. The van der Waals surface area contributed by atoms with Crippen LogP contribution in [0.5, 0.6) is 0 Å². The molecule has 0 radical (unpaired) electrons. The van der Waals surface area contributed by atoms with Crippen LogP contribution in [0.4, 0.5) is 0 Å². The van der Waals surface area contributed by atoms with Crippen molar-refractivity contribution in [3.63, 3.8) is 0 Å². The fourth-order valence-corrected chi connectivity index (χ4v) is 4.05. The summed E-state index contributed by atoms with van der Waals surface area (Å²) in [4.78, 5) is 27.7. The van der Waals surface area contributed by atoms with E-state index >= 15 is 0 Å². The number of rotatable bonds is 3. The van der Waals surface area contributed by atoms with Crippen molar-refractivity contribution < 1.29 is 9.59 Å². The normalized spacial score (nSPS) is 27.3. The van der Waals surface area contributed by atoms with E-state index in [1.807, 2.05) is 35.2 Å². The van der Waals surface area contributed by atoms with E-state index in [2.05, 4.69) is 5.32 Å². The Morgan fingerprint density at radius 2 is 1.77 bits per heavy atom. The molecule has 1 unspecified atom stereocenters. The minimum Gasteiger partial charge on any atom is -0.340 e. The van der Waals surface area contributed by atoms with Gasteiger partial charge in [-0.3, -0.25) is 9.59 Å². The summed E-state index contributed by atoms with van der Waals surface area (Å²) >= 11 is 0. The monoisotopic (exact) mass is 298 g/mol. The standard InChI is InChI=1S/C18H22N2O2/c21-16-15(14-8-9-14)20(12-13-6-2-1-3-7-13)17(22)18(19-16)10-4-5-11-18/h1-3,6-7,14-15H,4-5,8-12H2,(H,19,21). The Balaban J connectivity index is 1.66. The lowest BCUT2D eigenvalue weighted by Crippen LogP contribution is -2.69. The first kappa shape index (κ1) is 13.8. The van der Waals surface area contributed by atoms with Crippen LogP contribution in [0.3, 0.4) is 0 Å². The minimum atomic E-state index is -0.614. The Hall–Kier alpha value is -1.84. The van der Waals surface area contributed by atoms with Crippen molar-refractivity contribution in [3.05, 3.63) is 35.9 Å². The van der Waals surface area contributed by atoms with Crippen LogP contribution in [-0.4, -0.2) is 28.3 Å². The van der Waals surface area contributed by atoms with Gasteiger partial charge in [0.15, 0.2) is 0 Å². The minimum absolute atomic E-state index is 0.0694. The van der Waals surface area contributed by atoms with Gasteiger partial charge in [-0.15, -0.1) is 0 Å².